The molecule has 0 atom stereocenters. The Morgan fingerprint density at radius 3 is 2.27 bits per heavy atom. The monoisotopic (exact) mass is 350 g/mol. The van der Waals surface area contributed by atoms with Gasteiger partial charge < -0.3 is 10.2 Å². The fraction of sp³-hybridized carbons (Fsp3) is 0.364. The molecule has 26 heavy (non-hydrogen) atoms. The van der Waals surface area contributed by atoms with E-state index < -0.39 is 0 Å². The molecule has 3 rings (SSSR count). The van der Waals surface area contributed by atoms with Crippen LogP contribution in [-0.4, -0.2) is 18.4 Å². The van der Waals surface area contributed by atoms with Crippen LogP contribution < -0.4 is 10.2 Å². The third-order valence-corrected chi connectivity index (χ3v) is 4.99. The summed E-state index contributed by atoms with van der Waals surface area (Å²) in [7, 11) is 0. The molecule has 2 amide bonds. The molecule has 0 saturated heterocycles. The van der Waals surface area contributed by atoms with Crippen LogP contribution in [0.3, 0.4) is 0 Å². The second kappa shape index (κ2) is 8.65. The van der Waals surface area contributed by atoms with E-state index in [1.807, 2.05) is 37.3 Å². The third kappa shape index (κ3) is 4.51. The Bertz CT molecular complexity index is 734. The molecule has 136 valence electrons. The van der Waals surface area contributed by atoms with Crippen molar-refractivity contribution in [1.82, 2.24) is 0 Å². The average Bonchev–Trinajstić information content (AvgIpc) is 3.16. The molecule has 0 bridgehead atoms. The highest BCUT2D eigenvalue weighted by Crippen LogP contribution is 2.27. The number of para-hydroxylation sites is 1. The first-order valence-electron chi connectivity index (χ1n) is 9.44. The van der Waals surface area contributed by atoms with Gasteiger partial charge in [0.1, 0.15) is 0 Å². The molecule has 0 heterocycles. The second-order valence-corrected chi connectivity index (χ2v) is 6.87. The maximum Gasteiger partial charge on any atom is 0.258 e. The van der Waals surface area contributed by atoms with E-state index in [9.17, 15) is 9.59 Å². The number of hydrogen-bond acceptors (Lipinski definition) is 2. The number of benzene rings is 2. The van der Waals surface area contributed by atoms with E-state index in [0.29, 0.717) is 24.4 Å². The highest BCUT2D eigenvalue weighted by Gasteiger charge is 2.19. The van der Waals surface area contributed by atoms with E-state index >= 15 is 0 Å². The molecule has 1 saturated carbocycles. The normalized spacial score (nSPS) is 14.2. The molecule has 2 aromatic carbocycles. The van der Waals surface area contributed by atoms with Gasteiger partial charge in [0, 0.05) is 29.9 Å². The topological polar surface area (TPSA) is 49.4 Å². The number of amides is 2. The molecule has 1 aliphatic carbocycles. The van der Waals surface area contributed by atoms with Crippen molar-refractivity contribution in [2.24, 2.45) is 5.92 Å². The summed E-state index contributed by atoms with van der Waals surface area (Å²) in [5, 5.41) is 2.95. The van der Waals surface area contributed by atoms with Gasteiger partial charge in [-0.05, 0) is 62.1 Å². The summed E-state index contributed by atoms with van der Waals surface area (Å²) in [6.07, 6.45) is 5.40. The van der Waals surface area contributed by atoms with Crippen LogP contribution in [0.2, 0.25) is 0 Å². The molecule has 0 aromatic heterocycles. The lowest BCUT2D eigenvalue weighted by atomic mass is 10.0. The lowest BCUT2D eigenvalue weighted by Crippen LogP contribution is -2.30. The first-order chi connectivity index (χ1) is 12.7. The van der Waals surface area contributed by atoms with E-state index in [2.05, 4.69) is 5.32 Å². The zero-order valence-electron chi connectivity index (χ0n) is 15.3. The maximum absolute atomic E-state index is 12.8. The van der Waals surface area contributed by atoms with Crippen molar-refractivity contribution in [1.29, 1.82) is 0 Å². The summed E-state index contributed by atoms with van der Waals surface area (Å²) in [6, 6.07) is 16.8. The lowest BCUT2D eigenvalue weighted by Gasteiger charge is -2.21. The number of nitrogens with zero attached hydrogens (tertiary/aromatic N) is 1. The Morgan fingerprint density at radius 1 is 1.00 bits per heavy atom. The third-order valence-electron chi connectivity index (χ3n) is 4.99. The van der Waals surface area contributed by atoms with Crippen molar-refractivity contribution in [3.8, 4) is 0 Å². The molecular formula is C22H26N2O2. The smallest absolute Gasteiger partial charge is 0.258 e. The van der Waals surface area contributed by atoms with Crippen LogP contribution in [0.25, 0.3) is 0 Å². The van der Waals surface area contributed by atoms with Crippen LogP contribution >= 0.6 is 0 Å². The molecule has 4 nitrogen and oxygen atoms in total. The average molecular weight is 350 g/mol. The number of rotatable bonds is 6. The Morgan fingerprint density at radius 2 is 1.65 bits per heavy atom. The molecule has 1 N–H and O–H groups in total. The summed E-state index contributed by atoms with van der Waals surface area (Å²) in [6.45, 7) is 2.56. The van der Waals surface area contributed by atoms with Crippen molar-refractivity contribution in [3.05, 3.63) is 60.2 Å². The Kier molecular flexibility index (Phi) is 6.05. The molecular weight excluding hydrogens is 324 g/mol. The Balaban J connectivity index is 1.62. The quantitative estimate of drug-likeness (QED) is 0.808. The van der Waals surface area contributed by atoms with Gasteiger partial charge in [-0.15, -0.1) is 0 Å². The highest BCUT2D eigenvalue weighted by molar-refractivity contribution is 6.06. The standard InChI is InChI=1S/C22H26N2O2/c1-2-24(20-10-4-3-5-11-20)22(26)18-12-14-19(15-13-18)23-21(25)16-17-8-6-7-9-17/h3-5,10-15,17H,2,6-9,16H2,1H3,(H,23,25). The second-order valence-electron chi connectivity index (χ2n) is 6.87. The molecule has 0 spiro atoms. The predicted octanol–water partition coefficient (Wildman–Crippen LogP) is 4.87. The molecule has 1 fully saturated rings. The molecule has 4 heteroatoms. The molecule has 1 aliphatic rings. The van der Waals surface area contributed by atoms with Crippen molar-refractivity contribution in [3.63, 3.8) is 0 Å². The first kappa shape index (κ1) is 18.2. The fourth-order valence-electron chi connectivity index (χ4n) is 3.59. The summed E-state index contributed by atoms with van der Waals surface area (Å²) >= 11 is 0. The van der Waals surface area contributed by atoms with Crippen molar-refractivity contribution < 1.29 is 9.59 Å². The van der Waals surface area contributed by atoms with E-state index in [0.717, 1.165) is 24.2 Å². The molecule has 2 aromatic rings. The van der Waals surface area contributed by atoms with Crippen LogP contribution in [0.5, 0.6) is 0 Å². The van der Waals surface area contributed by atoms with Crippen LogP contribution in [0.1, 0.15) is 49.4 Å². The minimum Gasteiger partial charge on any atom is -0.326 e. The van der Waals surface area contributed by atoms with Gasteiger partial charge >= 0.3 is 0 Å². The van der Waals surface area contributed by atoms with Crippen LogP contribution in [0, 0.1) is 5.92 Å². The van der Waals surface area contributed by atoms with E-state index in [1.54, 1.807) is 29.2 Å². The zero-order valence-corrected chi connectivity index (χ0v) is 15.3. The molecule has 0 aliphatic heterocycles. The maximum atomic E-state index is 12.8. The van der Waals surface area contributed by atoms with Gasteiger partial charge in [0.05, 0.1) is 0 Å². The number of carbonyl (C=O) groups excluding carboxylic acids is 2. The minimum absolute atomic E-state index is 0.0393. The first-order valence-corrected chi connectivity index (χ1v) is 9.44. The van der Waals surface area contributed by atoms with Gasteiger partial charge in [-0.2, -0.15) is 0 Å². The van der Waals surface area contributed by atoms with E-state index in [1.165, 1.54) is 12.8 Å². The highest BCUT2D eigenvalue weighted by atomic mass is 16.2. The number of anilines is 2. The summed E-state index contributed by atoms with van der Waals surface area (Å²) in [5.41, 5.74) is 2.24. The van der Waals surface area contributed by atoms with Crippen LogP contribution in [0.4, 0.5) is 11.4 Å². The van der Waals surface area contributed by atoms with Crippen LogP contribution in [0.15, 0.2) is 54.6 Å². The molecule has 0 unspecified atom stereocenters. The Labute approximate surface area is 155 Å². The predicted molar refractivity (Wildman–Crippen MR) is 105 cm³/mol. The number of hydrogen-bond donors (Lipinski definition) is 1. The fourth-order valence-corrected chi connectivity index (χ4v) is 3.59. The minimum atomic E-state index is -0.0393. The van der Waals surface area contributed by atoms with Crippen molar-refractivity contribution in [2.75, 3.05) is 16.8 Å². The van der Waals surface area contributed by atoms with Gasteiger partial charge in [0.2, 0.25) is 5.91 Å². The SMILES string of the molecule is CCN(C(=O)c1ccc(NC(=O)CC2CCCC2)cc1)c1ccccc1. The lowest BCUT2D eigenvalue weighted by molar-refractivity contribution is -0.117. The van der Waals surface area contributed by atoms with Crippen molar-refractivity contribution >= 4 is 23.2 Å². The van der Waals surface area contributed by atoms with Gasteiger partial charge in [0.25, 0.3) is 5.91 Å². The van der Waals surface area contributed by atoms with Crippen LogP contribution in [-0.2, 0) is 4.79 Å². The summed E-state index contributed by atoms with van der Waals surface area (Å²) in [4.78, 5) is 26.7. The molecule has 0 radical (unpaired) electrons. The summed E-state index contributed by atoms with van der Waals surface area (Å²) in [5.74, 6) is 0.554. The van der Waals surface area contributed by atoms with Gasteiger partial charge in [-0.3, -0.25) is 9.59 Å². The number of nitrogens with one attached hydrogen (secondary N) is 1. The van der Waals surface area contributed by atoms with Gasteiger partial charge in [-0.25, -0.2) is 0 Å². The number of carbonyl (C=O) groups is 2. The van der Waals surface area contributed by atoms with E-state index in [4.69, 9.17) is 0 Å². The van der Waals surface area contributed by atoms with Gasteiger partial charge in [0.15, 0.2) is 0 Å². The largest absolute Gasteiger partial charge is 0.326 e. The van der Waals surface area contributed by atoms with E-state index in [-0.39, 0.29) is 11.8 Å². The van der Waals surface area contributed by atoms with Gasteiger partial charge in [-0.1, -0.05) is 31.0 Å². The van der Waals surface area contributed by atoms with Crippen molar-refractivity contribution in [2.45, 2.75) is 39.0 Å². The Hall–Kier alpha value is -2.62. The zero-order chi connectivity index (χ0) is 18.4. The summed E-state index contributed by atoms with van der Waals surface area (Å²) < 4.78 is 0.